The summed E-state index contributed by atoms with van der Waals surface area (Å²) >= 11 is 0. The molecule has 9 nitrogen and oxygen atoms in total. The topological polar surface area (TPSA) is 120 Å². The van der Waals surface area contributed by atoms with Crippen LogP contribution < -0.4 is 14.2 Å². The van der Waals surface area contributed by atoms with E-state index >= 15 is 0 Å². The van der Waals surface area contributed by atoms with Gasteiger partial charge in [-0.25, -0.2) is 9.97 Å². The van der Waals surface area contributed by atoms with Gasteiger partial charge in [-0.1, -0.05) is 0 Å². The Kier molecular flexibility index (Phi) is 6.58. The van der Waals surface area contributed by atoms with Crippen molar-refractivity contribution in [2.24, 2.45) is 0 Å². The van der Waals surface area contributed by atoms with Crippen molar-refractivity contribution < 1.29 is 24.4 Å². The summed E-state index contributed by atoms with van der Waals surface area (Å²) in [6.45, 7) is 1.62. The fraction of sp³-hybridized carbons (Fsp3) is 0.304. The lowest BCUT2D eigenvalue weighted by molar-refractivity contribution is 0.0597. The molecule has 32 heavy (non-hydrogen) atoms. The van der Waals surface area contributed by atoms with Crippen LogP contribution in [0.1, 0.15) is 17.9 Å². The first kappa shape index (κ1) is 21.7. The SMILES string of the molecule is COc1ccc(C2=C(COc3nc(C)ncc3-c3ccc(OC(CO)CO)nc3)C2)nc1. The van der Waals surface area contributed by atoms with Crippen LogP contribution in [0, 0.1) is 6.92 Å². The summed E-state index contributed by atoms with van der Waals surface area (Å²) in [5.74, 6) is 2.10. The van der Waals surface area contributed by atoms with E-state index in [9.17, 15) is 0 Å². The van der Waals surface area contributed by atoms with Crippen LogP contribution in [0.2, 0.25) is 0 Å². The van der Waals surface area contributed by atoms with E-state index < -0.39 is 6.10 Å². The number of nitrogens with zero attached hydrogens (tertiary/aromatic N) is 4. The molecule has 3 heterocycles. The number of hydrogen-bond acceptors (Lipinski definition) is 9. The standard InChI is InChI=1S/C23H24N4O5/c1-14-24-10-20(15-3-6-22(26-8-15)32-18(11-28)12-29)23(27-14)31-13-16-7-19(16)21-5-4-17(30-2)9-25-21/h3-6,8-10,18,28-29H,7,11-13H2,1-2H3. The summed E-state index contributed by atoms with van der Waals surface area (Å²) in [5.41, 5.74) is 4.74. The summed E-state index contributed by atoms with van der Waals surface area (Å²) in [4.78, 5) is 17.4. The highest BCUT2D eigenvalue weighted by Crippen LogP contribution is 2.40. The molecule has 1 aliphatic carbocycles. The van der Waals surface area contributed by atoms with Crippen LogP contribution in [0.5, 0.6) is 17.5 Å². The zero-order valence-electron chi connectivity index (χ0n) is 17.9. The molecule has 0 aromatic carbocycles. The van der Waals surface area contributed by atoms with Crippen LogP contribution in [-0.2, 0) is 0 Å². The molecule has 0 atom stereocenters. The Morgan fingerprint density at radius 1 is 1.00 bits per heavy atom. The second-order valence-corrected chi connectivity index (χ2v) is 7.26. The van der Waals surface area contributed by atoms with Gasteiger partial charge in [-0.3, -0.25) is 4.98 Å². The van der Waals surface area contributed by atoms with Crippen molar-refractivity contribution in [3.05, 3.63) is 59.9 Å². The lowest BCUT2D eigenvalue weighted by Gasteiger charge is -2.14. The Morgan fingerprint density at radius 3 is 2.50 bits per heavy atom. The number of aliphatic hydroxyl groups is 2. The van der Waals surface area contributed by atoms with Gasteiger partial charge in [0, 0.05) is 24.0 Å². The van der Waals surface area contributed by atoms with Gasteiger partial charge in [0.2, 0.25) is 11.8 Å². The van der Waals surface area contributed by atoms with Gasteiger partial charge in [0.15, 0.2) is 0 Å². The lowest BCUT2D eigenvalue weighted by atomic mass is 10.1. The third-order valence-corrected chi connectivity index (χ3v) is 4.97. The summed E-state index contributed by atoms with van der Waals surface area (Å²) in [6.07, 6.45) is 5.16. The highest BCUT2D eigenvalue weighted by atomic mass is 16.5. The Morgan fingerprint density at radius 2 is 1.84 bits per heavy atom. The second-order valence-electron chi connectivity index (χ2n) is 7.26. The molecule has 0 spiro atoms. The number of aliphatic hydroxyl groups excluding tert-OH is 2. The van der Waals surface area contributed by atoms with Crippen molar-refractivity contribution in [2.75, 3.05) is 26.9 Å². The minimum atomic E-state index is -0.712. The normalized spacial score (nSPS) is 12.8. The van der Waals surface area contributed by atoms with Crippen molar-refractivity contribution in [3.63, 3.8) is 0 Å². The third kappa shape index (κ3) is 5.01. The van der Waals surface area contributed by atoms with Gasteiger partial charge in [0.1, 0.15) is 24.3 Å². The molecule has 9 heteroatoms. The van der Waals surface area contributed by atoms with E-state index in [1.807, 2.05) is 12.1 Å². The van der Waals surface area contributed by atoms with Gasteiger partial charge in [-0.05, 0) is 42.7 Å². The molecule has 2 N–H and O–H groups in total. The van der Waals surface area contributed by atoms with Crippen molar-refractivity contribution in [1.29, 1.82) is 0 Å². The van der Waals surface area contributed by atoms with Gasteiger partial charge in [0.05, 0.1) is 37.8 Å². The molecule has 166 valence electrons. The second kappa shape index (κ2) is 9.71. The van der Waals surface area contributed by atoms with Crippen molar-refractivity contribution in [3.8, 4) is 28.6 Å². The smallest absolute Gasteiger partial charge is 0.225 e. The predicted molar refractivity (Wildman–Crippen MR) is 116 cm³/mol. The van der Waals surface area contributed by atoms with Crippen LogP contribution in [0.3, 0.4) is 0 Å². The average molecular weight is 436 g/mol. The number of pyridine rings is 2. The monoisotopic (exact) mass is 436 g/mol. The average Bonchev–Trinajstić information content (AvgIpc) is 3.61. The maximum absolute atomic E-state index is 9.15. The molecule has 0 fully saturated rings. The van der Waals surface area contributed by atoms with Crippen LogP contribution in [0.4, 0.5) is 0 Å². The van der Waals surface area contributed by atoms with Gasteiger partial charge in [0.25, 0.3) is 0 Å². The molecule has 0 saturated carbocycles. The molecular formula is C23H24N4O5. The van der Waals surface area contributed by atoms with E-state index in [1.54, 1.807) is 44.8 Å². The Labute approximate surface area is 185 Å². The predicted octanol–water partition coefficient (Wildman–Crippen LogP) is 2.22. The molecule has 0 bridgehead atoms. The largest absolute Gasteiger partial charge is 0.495 e. The molecule has 1 aliphatic rings. The molecule has 4 rings (SSSR count). The number of aryl methyl sites for hydroxylation is 1. The Balaban J connectivity index is 1.47. The first-order chi connectivity index (χ1) is 15.6. The van der Waals surface area contributed by atoms with Gasteiger partial charge in [-0.2, -0.15) is 4.98 Å². The van der Waals surface area contributed by atoms with E-state index in [1.165, 1.54) is 11.1 Å². The number of ether oxygens (including phenoxy) is 3. The summed E-state index contributed by atoms with van der Waals surface area (Å²) in [5, 5.41) is 18.3. The van der Waals surface area contributed by atoms with Crippen LogP contribution >= 0.6 is 0 Å². The number of allylic oxidation sites excluding steroid dienone is 1. The Hall–Kier alpha value is -3.56. The quantitative estimate of drug-likeness (QED) is 0.493. The fourth-order valence-electron chi connectivity index (χ4n) is 3.08. The summed E-state index contributed by atoms with van der Waals surface area (Å²) < 4.78 is 16.6. The summed E-state index contributed by atoms with van der Waals surface area (Å²) in [6, 6.07) is 7.29. The third-order valence-electron chi connectivity index (χ3n) is 4.97. The van der Waals surface area contributed by atoms with Crippen LogP contribution in [-0.4, -0.2) is 63.2 Å². The summed E-state index contributed by atoms with van der Waals surface area (Å²) in [7, 11) is 1.62. The Bertz CT molecular complexity index is 1100. The zero-order valence-corrected chi connectivity index (χ0v) is 17.9. The zero-order chi connectivity index (χ0) is 22.5. The molecule has 0 saturated heterocycles. The van der Waals surface area contributed by atoms with Gasteiger partial charge in [-0.15, -0.1) is 0 Å². The minimum absolute atomic E-state index is 0.298. The highest BCUT2D eigenvalue weighted by Gasteiger charge is 2.25. The molecule has 0 aliphatic heterocycles. The number of hydrogen-bond donors (Lipinski definition) is 2. The van der Waals surface area contributed by atoms with Crippen molar-refractivity contribution >= 4 is 5.57 Å². The van der Waals surface area contributed by atoms with Gasteiger partial charge >= 0.3 is 0 Å². The minimum Gasteiger partial charge on any atom is -0.495 e. The number of aromatic nitrogens is 4. The van der Waals surface area contributed by atoms with Crippen LogP contribution in [0.15, 0.2) is 48.4 Å². The van der Waals surface area contributed by atoms with E-state index in [2.05, 4.69) is 19.9 Å². The van der Waals surface area contributed by atoms with E-state index in [0.29, 0.717) is 29.8 Å². The van der Waals surface area contributed by atoms with E-state index in [0.717, 1.165) is 23.4 Å². The lowest BCUT2D eigenvalue weighted by Crippen LogP contribution is -2.25. The maximum atomic E-state index is 9.15. The molecular weight excluding hydrogens is 412 g/mol. The first-order valence-corrected chi connectivity index (χ1v) is 10.1. The first-order valence-electron chi connectivity index (χ1n) is 10.1. The molecule has 0 radical (unpaired) electrons. The van der Waals surface area contributed by atoms with Gasteiger partial charge < -0.3 is 24.4 Å². The van der Waals surface area contributed by atoms with Crippen molar-refractivity contribution in [2.45, 2.75) is 19.4 Å². The number of rotatable bonds is 10. The highest BCUT2D eigenvalue weighted by molar-refractivity contribution is 5.81. The maximum Gasteiger partial charge on any atom is 0.225 e. The molecule has 3 aromatic rings. The van der Waals surface area contributed by atoms with Crippen molar-refractivity contribution in [1.82, 2.24) is 19.9 Å². The molecule has 0 amide bonds. The molecule has 0 unspecified atom stereocenters. The number of methoxy groups -OCH3 is 1. The fourth-order valence-corrected chi connectivity index (χ4v) is 3.08. The molecule has 3 aromatic heterocycles. The van der Waals surface area contributed by atoms with Crippen LogP contribution in [0.25, 0.3) is 16.7 Å². The van der Waals surface area contributed by atoms with E-state index in [4.69, 9.17) is 24.4 Å². The van der Waals surface area contributed by atoms with E-state index in [-0.39, 0.29) is 13.2 Å².